The first-order valence-corrected chi connectivity index (χ1v) is 5.25. The van der Waals surface area contributed by atoms with E-state index in [2.05, 4.69) is 10.3 Å². The highest BCUT2D eigenvalue weighted by atomic mass is 19.1. The van der Waals surface area contributed by atoms with E-state index < -0.39 is 17.5 Å². The largest absolute Gasteiger partial charge is 0.319 e. The van der Waals surface area contributed by atoms with Gasteiger partial charge in [-0.1, -0.05) is 11.6 Å². The van der Waals surface area contributed by atoms with Crippen molar-refractivity contribution in [2.24, 2.45) is 0 Å². The number of nitrogens with one attached hydrogen (secondary N) is 1. The highest BCUT2D eigenvalue weighted by Crippen LogP contribution is 2.15. The lowest BCUT2D eigenvalue weighted by Crippen LogP contribution is -2.15. The quantitative estimate of drug-likeness (QED) is 0.887. The number of hydrogen-bond donors (Lipinski definition) is 1. The Bertz CT molecular complexity index is 599. The molecular weight excluding hydrogens is 238 g/mol. The van der Waals surface area contributed by atoms with Crippen molar-refractivity contribution >= 4 is 11.6 Å². The van der Waals surface area contributed by atoms with Gasteiger partial charge in [-0.2, -0.15) is 0 Å². The molecule has 1 heterocycles. The minimum Gasteiger partial charge on any atom is -0.319 e. The second-order valence-corrected chi connectivity index (χ2v) is 3.79. The zero-order chi connectivity index (χ0) is 13.1. The Balaban J connectivity index is 2.28. The average molecular weight is 248 g/mol. The maximum absolute atomic E-state index is 13.5. The first kappa shape index (κ1) is 12.2. The number of nitrogens with zero attached hydrogens (tertiary/aromatic N) is 1. The SMILES string of the molecule is Cc1ccc(F)c(C(=O)Nc2ccncc2F)c1. The second kappa shape index (κ2) is 4.91. The molecule has 1 N–H and O–H groups in total. The van der Waals surface area contributed by atoms with Crippen LogP contribution < -0.4 is 5.32 Å². The van der Waals surface area contributed by atoms with Crippen molar-refractivity contribution < 1.29 is 13.6 Å². The standard InChI is InChI=1S/C13H10F2N2O/c1-8-2-3-10(14)9(6-8)13(18)17-12-4-5-16-7-11(12)15/h2-7H,1H3,(H,16,17,18). The lowest BCUT2D eigenvalue weighted by Gasteiger charge is -2.07. The Kier molecular flexibility index (Phi) is 3.32. The van der Waals surface area contributed by atoms with Gasteiger partial charge >= 0.3 is 0 Å². The summed E-state index contributed by atoms with van der Waals surface area (Å²) in [5.74, 6) is -2.01. The predicted molar refractivity (Wildman–Crippen MR) is 63.3 cm³/mol. The van der Waals surface area contributed by atoms with E-state index in [-0.39, 0.29) is 11.3 Å². The van der Waals surface area contributed by atoms with E-state index in [0.29, 0.717) is 0 Å². The summed E-state index contributed by atoms with van der Waals surface area (Å²) in [6.45, 7) is 1.74. The molecule has 0 fully saturated rings. The molecular formula is C13H10F2N2O. The van der Waals surface area contributed by atoms with Crippen molar-refractivity contribution in [2.75, 3.05) is 5.32 Å². The summed E-state index contributed by atoms with van der Waals surface area (Å²) in [6, 6.07) is 5.47. The smallest absolute Gasteiger partial charge is 0.258 e. The number of amides is 1. The second-order valence-electron chi connectivity index (χ2n) is 3.79. The number of carbonyl (C=O) groups is 1. The molecule has 0 bridgehead atoms. The van der Waals surface area contributed by atoms with Crippen LogP contribution in [0.5, 0.6) is 0 Å². The highest BCUT2D eigenvalue weighted by Gasteiger charge is 2.13. The maximum Gasteiger partial charge on any atom is 0.258 e. The molecule has 0 aliphatic heterocycles. The topological polar surface area (TPSA) is 42.0 Å². The number of pyridine rings is 1. The average Bonchev–Trinajstić information content (AvgIpc) is 2.35. The molecule has 1 aromatic heterocycles. The molecule has 5 heteroatoms. The molecule has 0 unspecified atom stereocenters. The van der Waals surface area contributed by atoms with Crippen molar-refractivity contribution in [3.63, 3.8) is 0 Å². The molecule has 3 nitrogen and oxygen atoms in total. The molecule has 1 aromatic carbocycles. The van der Waals surface area contributed by atoms with Crippen molar-refractivity contribution in [2.45, 2.75) is 6.92 Å². The number of benzene rings is 1. The lowest BCUT2D eigenvalue weighted by molar-refractivity contribution is 0.102. The summed E-state index contributed by atoms with van der Waals surface area (Å²) >= 11 is 0. The molecule has 0 saturated carbocycles. The number of aryl methyl sites for hydroxylation is 1. The van der Waals surface area contributed by atoms with Crippen LogP contribution in [0.15, 0.2) is 36.7 Å². The van der Waals surface area contributed by atoms with Gasteiger partial charge in [0.2, 0.25) is 0 Å². The van der Waals surface area contributed by atoms with Crippen LogP contribution in [-0.4, -0.2) is 10.9 Å². The monoisotopic (exact) mass is 248 g/mol. The minimum absolute atomic E-state index is 0.0316. The molecule has 0 atom stereocenters. The van der Waals surface area contributed by atoms with Crippen LogP contribution in [0.3, 0.4) is 0 Å². The molecule has 0 aliphatic rings. The predicted octanol–water partition coefficient (Wildman–Crippen LogP) is 2.92. The van der Waals surface area contributed by atoms with E-state index in [1.54, 1.807) is 13.0 Å². The fourth-order valence-electron chi connectivity index (χ4n) is 1.48. The van der Waals surface area contributed by atoms with Crippen LogP contribution in [0.2, 0.25) is 0 Å². The third kappa shape index (κ3) is 2.51. The van der Waals surface area contributed by atoms with Gasteiger partial charge in [-0.15, -0.1) is 0 Å². The van der Waals surface area contributed by atoms with Crippen molar-refractivity contribution in [3.05, 3.63) is 59.4 Å². The lowest BCUT2D eigenvalue weighted by atomic mass is 10.1. The first-order valence-electron chi connectivity index (χ1n) is 5.25. The fraction of sp³-hybridized carbons (Fsp3) is 0.0769. The third-order valence-electron chi connectivity index (χ3n) is 2.39. The third-order valence-corrected chi connectivity index (χ3v) is 2.39. The number of halogens is 2. The van der Waals surface area contributed by atoms with Crippen LogP contribution >= 0.6 is 0 Å². The molecule has 18 heavy (non-hydrogen) atoms. The molecule has 0 saturated heterocycles. The Labute approximate surface area is 102 Å². The van der Waals surface area contributed by atoms with Crippen LogP contribution in [0.1, 0.15) is 15.9 Å². The molecule has 0 spiro atoms. The van der Waals surface area contributed by atoms with E-state index >= 15 is 0 Å². The van der Waals surface area contributed by atoms with Gasteiger partial charge in [0.15, 0.2) is 5.82 Å². The Morgan fingerprint density at radius 1 is 1.22 bits per heavy atom. The van der Waals surface area contributed by atoms with Gasteiger partial charge in [-0.25, -0.2) is 8.78 Å². The molecule has 0 radical (unpaired) electrons. The van der Waals surface area contributed by atoms with Crippen LogP contribution in [-0.2, 0) is 0 Å². The zero-order valence-electron chi connectivity index (χ0n) is 9.58. The number of carbonyl (C=O) groups excluding carboxylic acids is 1. The summed E-state index contributed by atoms with van der Waals surface area (Å²) in [7, 11) is 0. The molecule has 2 rings (SSSR count). The Morgan fingerprint density at radius 3 is 2.72 bits per heavy atom. The molecule has 92 valence electrons. The van der Waals surface area contributed by atoms with Gasteiger partial charge in [-0.3, -0.25) is 9.78 Å². The summed E-state index contributed by atoms with van der Waals surface area (Å²) in [4.78, 5) is 15.4. The van der Waals surface area contributed by atoms with E-state index in [1.165, 1.54) is 24.4 Å². The first-order chi connectivity index (χ1) is 8.58. The van der Waals surface area contributed by atoms with Gasteiger partial charge in [0.05, 0.1) is 17.4 Å². The number of anilines is 1. The van der Waals surface area contributed by atoms with Gasteiger partial charge < -0.3 is 5.32 Å². The minimum atomic E-state index is -0.693. The van der Waals surface area contributed by atoms with Gasteiger partial charge in [0.25, 0.3) is 5.91 Å². The molecule has 1 amide bonds. The van der Waals surface area contributed by atoms with Crippen molar-refractivity contribution in [3.8, 4) is 0 Å². The summed E-state index contributed by atoms with van der Waals surface area (Å²) in [5, 5.41) is 2.30. The Hall–Kier alpha value is -2.30. The normalized spacial score (nSPS) is 10.2. The van der Waals surface area contributed by atoms with E-state index in [4.69, 9.17) is 0 Å². The summed E-state index contributed by atoms with van der Waals surface area (Å²) < 4.78 is 26.7. The summed E-state index contributed by atoms with van der Waals surface area (Å²) in [6.07, 6.45) is 2.31. The molecule has 2 aromatic rings. The van der Waals surface area contributed by atoms with E-state index in [1.807, 2.05) is 0 Å². The fourth-order valence-corrected chi connectivity index (χ4v) is 1.48. The highest BCUT2D eigenvalue weighted by molar-refractivity contribution is 6.04. The number of aromatic nitrogens is 1. The zero-order valence-corrected chi connectivity index (χ0v) is 9.58. The van der Waals surface area contributed by atoms with Crippen molar-refractivity contribution in [1.29, 1.82) is 0 Å². The maximum atomic E-state index is 13.5. The Morgan fingerprint density at radius 2 is 2.00 bits per heavy atom. The van der Waals surface area contributed by atoms with Crippen LogP contribution in [0.4, 0.5) is 14.5 Å². The van der Waals surface area contributed by atoms with Crippen molar-refractivity contribution in [1.82, 2.24) is 4.98 Å². The van der Waals surface area contributed by atoms with Crippen LogP contribution in [0.25, 0.3) is 0 Å². The number of rotatable bonds is 2. The number of hydrogen-bond acceptors (Lipinski definition) is 2. The van der Waals surface area contributed by atoms with Gasteiger partial charge in [0.1, 0.15) is 5.82 Å². The van der Waals surface area contributed by atoms with Gasteiger partial charge in [-0.05, 0) is 25.1 Å². The van der Waals surface area contributed by atoms with E-state index in [0.717, 1.165) is 11.8 Å². The van der Waals surface area contributed by atoms with E-state index in [9.17, 15) is 13.6 Å². The summed E-state index contributed by atoms with van der Waals surface area (Å²) in [5.41, 5.74) is 0.596. The van der Waals surface area contributed by atoms with Crippen LogP contribution in [0, 0.1) is 18.6 Å². The molecule has 0 aliphatic carbocycles. The van der Waals surface area contributed by atoms with Gasteiger partial charge in [0, 0.05) is 6.20 Å².